The van der Waals surface area contributed by atoms with Gasteiger partial charge in [-0.2, -0.15) is 0 Å². The first-order chi connectivity index (χ1) is 27.8. The summed E-state index contributed by atoms with van der Waals surface area (Å²) in [4.78, 5) is 0. The number of fused-ring (bicyclic) bond motifs is 14. The molecule has 0 radical (unpaired) electrons. The number of aromatic nitrogens is 1. The van der Waals surface area contributed by atoms with Crippen LogP contribution in [-0.2, 0) is 0 Å². The van der Waals surface area contributed by atoms with Gasteiger partial charge in [-0.3, -0.25) is 0 Å². The largest absolute Gasteiger partial charge is 0.455 e. The fourth-order valence-electron chi connectivity index (χ4n) is 9.24. The first-order valence-electron chi connectivity index (χ1n) is 19.3. The topological polar surface area (TPSA) is 18.1 Å². The number of benzene rings is 9. The van der Waals surface area contributed by atoms with Gasteiger partial charge in [-0.05, 0) is 110 Å². The second kappa shape index (κ2) is 12.0. The van der Waals surface area contributed by atoms with Crippen molar-refractivity contribution >= 4 is 43.7 Å². The summed E-state index contributed by atoms with van der Waals surface area (Å²) in [7, 11) is 0. The van der Waals surface area contributed by atoms with Crippen LogP contribution in [0.3, 0.4) is 0 Å². The molecule has 0 saturated carbocycles. The zero-order chi connectivity index (χ0) is 36.7. The molecule has 0 fully saturated rings. The minimum absolute atomic E-state index is 0.910. The minimum Gasteiger partial charge on any atom is -0.455 e. The lowest BCUT2D eigenvalue weighted by molar-refractivity contribution is 0.670. The van der Waals surface area contributed by atoms with Crippen molar-refractivity contribution in [3.05, 3.63) is 200 Å². The standard InChI is InChI=1S/C54H33NO/c1-2-13-37(14-3-1)55-51-29-26-35(32-49(51)50-33-36(27-30-52(50)55)38-22-12-23-47-46-21-10-11-24-53(46)56-54(38)47)34-25-28-45-43-19-7-6-17-41(43)39-15-4-5-16-40(39)42-18-8-9-20-44(42)48(45)31-34/h1-33H. The molecule has 2 heteroatoms. The Bertz CT molecular complexity index is 3360. The molecule has 9 aromatic carbocycles. The second-order valence-electron chi connectivity index (χ2n) is 14.8. The maximum Gasteiger partial charge on any atom is 0.143 e. The molecule has 11 aromatic rings. The summed E-state index contributed by atoms with van der Waals surface area (Å²) >= 11 is 0. The van der Waals surface area contributed by atoms with E-state index in [2.05, 4.69) is 199 Å². The summed E-state index contributed by atoms with van der Waals surface area (Å²) in [5, 5.41) is 4.70. The third-order valence-corrected chi connectivity index (χ3v) is 11.8. The van der Waals surface area contributed by atoms with Crippen molar-refractivity contribution in [1.29, 1.82) is 0 Å². The van der Waals surface area contributed by atoms with E-state index in [-0.39, 0.29) is 0 Å². The van der Waals surface area contributed by atoms with E-state index in [1.54, 1.807) is 0 Å². The summed E-state index contributed by atoms with van der Waals surface area (Å²) in [6.07, 6.45) is 0. The van der Waals surface area contributed by atoms with E-state index in [1.807, 2.05) is 6.07 Å². The van der Waals surface area contributed by atoms with Crippen LogP contribution in [0.5, 0.6) is 0 Å². The predicted octanol–water partition coefficient (Wildman–Crippen LogP) is 15.0. The van der Waals surface area contributed by atoms with E-state index >= 15 is 0 Å². The van der Waals surface area contributed by atoms with E-state index in [1.165, 1.54) is 77.4 Å². The van der Waals surface area contributed by atoms with Crippen molar-refractivity contribution in [2.75, 3.05) is 0 Å². The van der Waals surface area contributed by atoms with Crippen LogP contribution < -0.4 is 0 Å². The van der Waals surface area contributed by atoms with Crippen molar-refractivity contribution in [2.45, 2.75) is 0 Å². The van der Waals surface area contributed by atoms with Gasteiger partial charge in [0.15, 0.2) is 0 Å². The molecule has 1 aliphatic rings. The third kappa shape index (κ3) is 4.57. The third-order valence-electron chi connectivity index (χ3n) is 11.8. The molecule has 12 rings (SSSR count). The van der Waals surface area contributed by atoms with Crippen LogP contribution >= 0.6 is 0 Å². The first kappa shape index (κ1) is 31.0. The van der Waals surface area contributed by atoms with E-state index in [9.17, 15) is 0 Å². The van der Waals surface area contributed by atoms with E-state index in [4.69, 9.17) is 4.42 Å². The van der Waals surface area contributed by atoms with Crippen molar-refractivity contribution in [2.24, 2.45) is 0 Å². The second-order valence-corrected chi connectivity index (χ2v) is 14.8. The van der Waals surface area contributed by atoms with Crippen LogP contribution in [0.2, 0.25) is 0 Å². The zero-order valence-electron chi connectivity index (χ0n) is 30.4. The fourth-order valence-corrected chi connectivity index (χ4v) is 9.24. The van der Waals surface area contributed by atoms with Gasteiger partial charge in [0.05, 0.1) is 11.0 Å². The maximum absolute atomic E-state index is 6.51. The monoisotopic (exact) mass is 711 g/mol. The molecule has 0 saturated heterocycles. The average molecular weight is 712 g/mol. The molecular weight excluding hydrogens is 679 g/mol. The fraction of sp³-hybridized carbons (Fsp3) is 0. The van der Waals surface area contributed by atoms with Crippen LogP contribution in [-0.4, -0.2) is 4.57 Å². The molecule has 2 nitrogen and oxygen atoms in total. The molecule has 2 aromatic heterocycles. The summed E-state index contributed by atoms with van der Waals surface area (Å²) in [6, 6.07) is 72.9. The highest BCUT2D eigenvalue weighted by Gasteiger charge is 2.23. The molecule has 1 aliphatic carbocycles. The first-order valence-corrected chi connectivity index (χ1v) is 19.3. The van der Waals surface area contributed by atoms with Gasteiger partial charge in [0.1, 0.15) is 11.2 Å². The van der Waals surface area contributed by atoms with Gasteiger partial charge in [0.25, 0.3) is 0 Å². The number of para-hydroxylation sites is 3. The Kier molecular flexibility index (Phi) is 6.66. The summed E-state index contributed by atoms with van der Waals surface area (Å²) in [5.41, 5.74) is 20.0. The highest BCUT2D eigenvalue weighted by Crippen LogP contribution is 2.49. The highest BCUT2D eigenvalue weighted by molar-refractivity contribution is 6.14. The predicted molar refractivity (Wildman–Crippen MR) is 234 cm³/mol. The van der Waals surface area contributed by atoms with E-state index in [0.29, 0.717) is 0 Å². The normalized spacial score (nSPS) is 11.9. The van der Waals surface area contributed by atoms with Gasteiger partial charge in [-0.15, -0.1) is 0 Å². The molecule has 0 amide bonds. The lowest BCUT2D eigenvalue weighted by Crippen LogP contribution is -1.97. The lowest BCUT2D eigenvalue weighted by atomic mass is 9.80. The van der Waals surface area contributed by atoms with E-state index < -0.39 is 0 Å². The Labute approximate surface area is 324 Å². The molecule has 56 heavy (non-hydrogen) atoms. The van der Waals surface area contributed by atoms with Gasteiger partial charge in [-0.25, -0.2) is 0 Å². The van der Waals surface area contributed by atoms with Gasteiger partial charge in [0.2, 0.25) is 0 Å². The summed E-state index contributed by atoms with van der Waals surface area (Å²) in [5.74, 6) is 0. The van der Waals surface area contributed by atoms with Crippen LogP contribution in [0.25, 0.3) is 116 Å². The lowest BCUT2D eigenvalue weighted by Gasteiger charge is -2.23. The molecule has 260 valence electrons. The van der Waals surface area contributed by atoms with Crippen LogP contribution in [0.15, 0.2) is 205 Å². The minimum atomic E-state index is 0.910. The molecule has 0 atom stereocenters. The van der Waals surface area contributed by atoms with Crippen molar-refractivity contribution in [3.8, 4) is 72.4 Å². The van der Waals surface area contributed by atoms with Gasteiger partial charge >= 0.3 is 0 Å². The van der Waals surface area contributed by atoms with E-state index in [0.717, 1.165) is 38.8 Å². The van der Waals surface area contributed by atoms with Crippen molar-refractivity contribution in [3.63, 3.8) is 0 Å². The van der Waals surface area contributed by atoms with Crippen molar-refractivity contribution in [1.82, 2.24) is 4.57 Å². The van der Waals surface area contributed by atoms with Gasteiger partial charge in [0, 0.05) is 32.8 Å². The number of hydrogen-bond donors (Lipinski definition) is 0. The van der Waals surface area contributed by atoms with Crippen molar-refractivity contribution < 1.29 is 4.42 Å². The molecule has 0 unspecified atom stereocenters. The Morgan fingerprint density at radius 3 is 1.41 bits per heavy atom. The molecule has 0 N–H and O–H groups in total. The molecule has 0 aliphatic heterocycles. The number of rotatable bonds is 3. The number of nitrogens with zero attached hydrogens (tertiary/aromatic N) is 1. The number of furan rings is 1. The van der Waals surface area contributed by atoms with Crippen LogP contribution in [0.4, 0.5) is 0 Å². The Morgan fingerprint density at radius 1 is 0.286 bits per heavy atom. The molecule has 2 heterocycles. The molecular formula is C54H33NO. The zero-order valence-corrected chi connectivity index (χ0v) is 30.4. The molecule has 0 spiro atoms. The van der Waals surface area contributed by atoms with Gasteiger partial charge < -0.3 is 8.98 Å². The Balaban J connectivity index is 1.09. The van der Waals surface area contributed by atoms with Gasteiger partial charge in [-0.1, -0.05) is 152 Å². The summed E-state index contributed by atoms with van der Waals surface area (Å²) < 4.78 is 8.91. The Hall–Kier alpha value is -7.42. The smallest absolute Gasteiger partial charge is 0.143 e. The SMILES string of the molecule is c1ccc(-n2c3ccc(-c4ccc5c(c4)-c4ccccc4-c4ccccc4-c4ccccc4-5)cc3c3cc(-c4cccc5c4oc4ccccc45)ccc32)cc1. The van der Waals surface area contributed by atoms with Crippen LogP contribution in [0.1, 0.15) is 0 Å². The Morgan fingerprint density at radius 2 is 0.750 bits per heavy atom. The highest BCUT2D eigenvalue weighted by atomic mass is 16.3. The average Bonchev–Trinajstić information content (AvgIpc) is 3.81. The molecule has 0 bridgehead atoms. The quantitative estimate of drug-likeness (QED) is 0.178. The maximum atomic E-state index is 6.51. The number of hydrogen-bond acceptors (Lipinski definition) is 1. The van der Waals surface area contributed by atoms with Crippen LogP contribution in [0, 0.1) is 0 Å². The summed E-state index contributed by atoms with van der Waals surface area (Å²) in [6.45, 7) is 0.